The van der Waals surface area contributed by atoms with E-state index in [4.69, 9.17) is 15.2 Å². The normalized spacial score (nSPS) is 11.5. The van der Waals surface area contributed by atoms with Crippen LogP contribution in [0.4, 0.5) is 0 Å². The van der Waals surface area contributed by atoms with Crippen LogP contribution in [0.3, 0.4) is 0 Å². The van der Waals surface area contributed by atoms with Crippen LogP contribution in [0.15, 0.2) is 70.1 Å². The fraction of sp³-hybridized carbons (Fsp3) is 0.190. The highest BCUT2D eigenvalue weighted by atomic mass is 79.9. The van der Waals surface area contributed by atoms with Gasteiger partial charge in [-0.2, -0.15) is 0 Å². The quantitative estimate of drug-likeness (QED) is 0.445. The van der Waals surface area contributed by atoms with Crippen LogP contribution in [0, 0.1) is 0 Å². The maximum atomic E-state index is 12.7. The molecule has 3 aromatic rings. The molecule has 3 rings (SSSR count). The molecule has 28 heavy (non-hydrogen) atoms. The summed E-state index contributed by atoms with van der Waals surface area (Å²) in [6, 6.07) is 17.1. The summed E-state index contributed by atoms with van der Waals surface area (Å²) in [5, 5.41) is 0. The zero-order valence-electron chi connectivity index (χ0n) is 15.8. The predicted molar refractivity (Wildman–Crippen MR) is 113 cm³/mol. The largest absolute Gasteiger partial charge is 0.487 e. The molecule has 0 fully saturated rings. The SMILES string of the molecule is CC(=COCN)c1ccccc1OCc1c(Br)c(=O)n(-c2ccccc2)n1C. The average molecular weight is 444 g/mol. The molecule has 0 unspecified atom stereocenters. The lowest BCUT2D eigenvalue weighted by Crippen LogP contribution is -2.19. The van der Waals surface area contributed by atoms with Crippen molar-refractivity contribution in [2.24, 2.45) is 12.8 Å². The fourth-order valence-corrected chi connectivity index (χ4v) is 3.47. The number of allylic oxidation sites excluding steroid dienone is 1. The Kier molecular flexibility index (Phi) is 6.38. The Morgan fingerprint density at radius 1 is 1.14 bits per heavy atom. The van der Waals surface area contributed by atoms with E-state index in [1.807, 2.05) is 68.6 Å². The van der Waals surface area contributed by atoms with E-state index < -0.39 is 0 Å². The van der Waals surface area contributed by atoms with Crippen LogP contribution in [0.2, 0.25) is 0 Å². The summed E-state index contributed by atoms with van der Waals surface area (Å²) in [6.07, 6.45) is 1.61. The van der Waals surface area contributed by atoms with Gasteiger partial charge in [0.25, 0.3) is 5.56 Å². The number of nitrogens with zero attached hydrogens (tertiary/aromatic N) is 2. The molecule has 0 radical (unpaired) electrons. The third-order valence-electron chi connectivity index (χ3n) is 4.36. The Morgan fingerprint density at radius 3 is 2.54 bits per heavy atom. The van der Waals surface area contributed by atoms with Gasteiger partial charge in [-0.05, 0) is 46.6 Å². The van der Waals surface area contributed by atoms with Gasteiger partial charge in [-0.25, -0.2) is 4.68 Å². The Labute approximate surface area is 171 Å². The summed E-state index contributed by atoms with van der Waals surface area (Å²) in [7, 11) is 1.84. The van der Waals surface area contributed by atoms with Gasteiger partial charge >= 0.3 is 0 Å². The van der Waals surface area contributed by atoms with Gasteiger partial charge in [-0.3, -0.25) is 15.2 Å². The number of hydrogen-bond donors (Lipinski definition) is 1. The molecule has 0 saturated heterocycles. The van der Waals surface area contributed by atoms with Crippen LogP contribution in [0.25, 0.3) is 11.3 Å². The molecule has 7 heteroatoms. The highest BCUT2D eigenvalue weighted by molar-refractivity contribution is 9.10. The zero-order valence-corrected chi connectivity index (χ0v) is 17.3. The minimum absolute atomic E-state index is 0.114. The second kappa shape index (κ2) is 8.95. The highest BCUT2D eigenvalue weighted by Crippen LogP contribution is 2.27. The van der Waals surface area contributed by atoms with Gasteiger partial charge in [-0.15, -0.1) is 0 Å². The summed E-state index contributed by atoms with van der Waals surface area (Å²) in [5.41, 5.74) is 8.59. The number of para-hydroxylation sites is 2. The maximum Gasteiger partial charge on any atom is 0.286 e. The number of hydrogen-bond acceptors (Lipinski definition) is 4. The smallest absolute Gasteiger partial charge is 0.286 e. The molecule has 0 bridgehead atoms. The summed E-state index contributed by atoms with van der Waals surface area (Å²) in [5.74, 6) is 0.698. The molecule has 0 spiro atoms. The van der Waals surface area contributed by atoms with E-state index in [1.54, 1.807) is 15.6 Å². The molecule has 2 aromatic carbocycles. The van der Waals surface area contributed by atoms with E-state index in [9.17, 15) is 4.79 Å². The van der Waals surface area contributed by atoms with Crippen molar-refractivity contribution in [2.45, 2.75) is 13.5 Å². The standard InChI is InChI=1S/C21H22BrN3O3/c1-15(12-27-14-23)17-10-6-7-11-19(17)28-13-18-20(22)21(26)25(24(18)2)16-8-4-3-5-9-16/h3-12H,13-14,23H2,1-2H3. The van der Waals surface area contributed by atoms with E-state index in [0.29, 0.717) is 10.2 Å². The third kappa shape index (κ3) is 4.05. The highest BCUT2D eigenvalue weighted by Gasteiger charge is 2.18. The monoisotopic (exact) mass is 443 g/mol. The van der Waals surface area contributed by atoms with E-state index >= 15 is 0 Å². The third-order valence-corrected chi connectivity index (χ3v) is 5.15. The van der Waals surface area contributed by atoms with Gasteiger partial charge in [0.1, 0.15) is 23.6 Å². The molecule has 146 valence electrons. The summed E-state index contributed by atoms with van der Waals surface area (Å²) in [4.78, 5) is 12.7. The van der Waals surface area contributed by atoms with Crippen molar-refractivity contribution >= 4 is 21.5 Å². The van der Waals surface area contributed by atoms with Crippen LogP contribution in [-0.4, -0.2) is 16.1 Å². The molecule has 0 aliphatic rings. The predicted octanol–water partition coefficient (Wildman–Crippen LogP) is 3.81. The number of aromatic nitrogens is 2. The van der Waals surface area contributed by atoms with E-state index in [2.05, 4.69) is 15.9 Å². The Hall–Kier alpha value is -2.77. The second-order valence-electron chi connectivity index (χ2n) is 6.16. The van der Waals surface area contributed by atoms with Crippen molar-refractivity contribution in [3.63, 3.8) is 0 Å². The van der Waals surface area contributed by atoms with Crippen molar-refractivity contribution in [1.29, 1.82) is 0 Å². The van der Waals surface area contributed by atoms with Crippen molar-refractivity contribution < 1.29 is 9.47 Å². The van der Waals surface area contributed by atoms with Crippen LogP contribution >= 0.6 is 15.9 Å². The average Bonchev–Trinajstić information content (AvgIpc) is 2.93. The van der Waals surface area contributed by atoms with Gasteiger partial charge in [0.15, 0.2) is 0 Å². The van der Waals surface area contributed by atoms with Gasteiger partial charge in [0, 0.05) is 12.6 Å². The van der Waals surface area contributed by atoms with E-state index in [0.717, 1.165) is 22.5 Å². The topological polar surface area (TPSA) is 71.4 Å². The summed E-state index contributed by atoms with van der Waals surface area (Å²) < 4.78 is 15.1. The molecule has 2 N–H and O–H groups in total. The van der Waals surface area contributed by atoms with Gasteiger partial charge in [-0.1, -0.05) is 36.4 Å². The molecule has 0 amide bonds. The maximum absolute atomic E-state index is 12.7. The fourth-order valence-electron chi connectivity index (χ4n) is 2.93. The zero-order chi connectivity index (χ0) is 20.1. The molecule has 1 aromatic heterocycles. The molecule has 0 aliphatic heterocycles. The molecule has 6 nitrogen and oxygen atoms in total. The van der Waals surface area contributed by atoms with Gasteiger partial charge in [0.2, 0.25) is 0 Å². The number of nitrogens with two attached hydrogens (primary N) is 1. The van der Waals surface area contributed by atoms with Crippen LogP contribution in [0.5, 0.6) is 5.75 Å². The summed E-state index contributed by atoms with van der Waals surface area (Å²) >= 11 is 3.42. The lowest BCUT2D eigenvalue weighted by Gasteiger charge is -2.14. The molecule has 1 heterocycles. The number of halogens is 1. The van der Waals surface area contributed by atoms with Crippen LogP contribution < -0.4 is 16.0 Å². The minimum atomic E-state index is -0.131. The van der Waals surface area contributed by atoms with Crippen molar-refractivity contribution in [3.8, 4) is 11.4 Å². The molecule has 0 aliphatic carbocycles. The van der Waals surface area contributed by atoms with Crippen molar-refractivity contribution in [1.82, 2.24) is 9.36 Å². The van der Waals surface area contributed by atoms with E-state index in [-0.39, 0.29) is 18.9 Å². The molecular weight excluding hydrogens is 422 g/mol. The first kappa shape index (κ1) is 20.0. The Balaban J connectivity index is 1.90. The van der Waals surface area contributed by atoms with Crippen LogP contribution in [0.1, 0.15) is 18.2 Å². The molecular formula is C21H22BrN3O3. The van der Waals surface area contributed by atoms with Crippen molar-refractivity contribution in [2.75, 3.05) is 6.73 Å². The molecule has 0 saturated carbocycles. The Bertz CT molecular complexity index is 1040. The number of benzene rings is 2. The first-order valence-electron chi connectivity index (χ1n) is 8.77. The molecule has 0 atom stereocenters. The second-order valence-corrected chi connectivity index (χ2v) is 6.95. The minimum Gasteiger partial charge on any atom is -0.487 e. The lowest BCUT2D eigenvalue weighted by atomic mass is 10.1. The lowest BCUT2D eigenvalue weighted by molar-refractivity contribution is 0.260. The van der Waals surface area contributed by atoms with Crippen molar-refractivity contribution in [3.05, 3.63) is 86.9 Å². The first-order chi connectivity index (χ1) is 13.5. The first-order valence-corrected chi connectivity index (χ1v) is 9.56. The van der Waals surface area contributed by atoms with E-state index in [1.165, 1.54) is 0 Å². The number of ether oxygens (including phenoxy) is 2. The Morgan fingerprint density at radius 2 is 1.82 bits per heavy atom. The summed E-state index contributed by atoms with van der Waals surface area (Å²) in [6.45, 7) is 2.27. The van der Waals surface area contributed by atoms with Gasteiger partial charge < -0.3 is 9.47 Å². The van der Waals surface area contributed by atoms with Crippen LogP contribution in [-0.2, 0) is 18.4 Å². The van der Waals surface area contributed by atoms with Gasteiger partial charge in [0.05, 0.1) is 17.6 Å². The number of rotatable bonds is 7.